The zero-order valence-corrected chi connectivity index (χ0v) is 17.7. The molecule has 150 valence electrons. The van der Waals surface area contributed by atoms with Gasteiger partial charge >= 0.3 is 0 Å². The maximum Gasteiger partial charge on any atom is 0.0716 e. The summed E-state index contributed by atoms with van der Waals surface area (Å²) in [6.07, 6.45) is 19.0. The Labute approximate surface area is 167 Å². The van der Waals surface area contributed by atoms with Crippen LogP contribution in [-0.2, 0) is 11.3 Å². The highest BCUT2D eigenvalue weighted by Crippen LogP contribution is 2.44. The lowest BCUT2D eigenvalue weighted by molar-refractivity contribution is 0.134. The van der Waals surface area contributed by atoms with E-state index in [0.29, 0.717) is 0 Å². The summed E-state index contributed by atoms with van der Waals surface area (Å²) >= 11 is 0. The van der Waals surface area contributed by atoms with Crippen molar-refractivity contribution in [3.8, 4) is 0 Å². The molecule has 0 radical (unpaired) electrons. The van der Waals surface area contributed by atoms with Crippen LogP contribution < -0.4 is 0 Å². The van der Waals surface area contributed by atoms with Crippen molar-refractivity contribution in [1.82, 2.24) is 0 Å². The Morgan fingerprint density at radius 1 is 0.889 bits per heavy atom. The third kappa shape index (κ3) is 6.21. The number of hydrogen-bond donors (Lipinski definition) is 0. The zero-order valence-electron chi connectivity index (χ0n) is 17.7. The van der Waals surface area contributed by atoms with Crippen molar-refractivity contribution >= 4 is 0 Å². The molecule has 0 saturated heterocycles. The minimum absolute atomic E-state index is 0.751. The molecule has 1 heteroatoms. The van der Waals surface area contributed by atoms with Crippen LogP contribution in [0.1, 0.15) is 95.1 Å². The van der Waals surface area contributed by atoms with Crippen LogP contribution in [0.3, 0.4) is 0 Å². The number of rotatable bonds is 8. The molecule has 0 heterocycles. The predicted octanol–water partition coefficient (Wildman–Crippen LogP) is 7.66. The van der Waals surface area contributed by atoms with Gasteiger partial charge in [0.1, 0.15) is 0 Å². The van der Waals surface area contributed by atoms with E-state index in [1.54, 1.807) is 5.56 Å². The Balaban J connectivity index is 1.40. The average molecular weight is 369 g/mol. The van der Waals surface area contributed by atoms with Gasteiger partial charge in [0.05, 0.1) is 6.61 Å². The van der Waals surface area contributed by atoms with E-state index in [9.17, 15) is 0 Å². The molecule has 0 N–H and O–H groups in total. The van der Waals surface area contributed by atoms with Crippen LogP contribution in [0.15, 0.2) is 36.4 Å². The molecule has 3 rings (SSSR count). The molecule has 2 fully saturated rings. The number of allylic oxidation sites excluding steroid dienone is 2. The highest BCUT2D eigenvalue weighted by atomic mass is 16.5. The third-order valence-corrected chi connectivity index (χ3v) is 7.23. The first-order valence-electron chi connectivity index (χ1n) is 11.6. The van der Waals surface area contributed by atoms with Gasteiger partial charge in [-0.25, -0.2) is 0 Å². The summed E-state index contributed by atoms with van der Waals surface area (Å²) in [5.74, 6) is 3.83. The quantitative estimate of drug-likeness (QED) is 0.428. The van der Waals surface area contributed by atoms with Crippen LogP contribution in [0.2, 0.25) is 0 Å². The van der Waals surface area contributed by atoms with Gasteiger partial charge in [-0.1, -0.05) is 49.3 Å². The minimum Gasteiger partial charge on any atom is -0.377 e. The van der Waals surface area contributed by atoms with Gasteiger partial charge in [0.2, 0.25) is 0 Å². The Morgan fingerprint density at radius 3 is 2.11 bits per heavy atom. The first kappa shape index (κ1) is 20.6. The number of benzene rings is 1. The molecule has 0 unspecified atom stereocenters. The summed E-state index contributed by atoms with van der Waals surface area (Å²) in [6.45, 7) is 5.75. The molecule has 0 aliphatic heterocycles. The molecule has 2 saturated carbocycles. The van der Waals surface area contributed by atoms with Gasteiger partial charge in [0.25, 0.3) is 0 Å². The summed E-state index contributed by atoms with van der Waals surface area (Å²) in [6, 6.07) is 9.25. The van der Waals surface area contributed by atoms with Gasteiger partial charge in [-0.2, -0.15) is 0 Å². The van der Waals surface area contributed by atoms with E-state index in [1.807, 2.05) is 0 Å². The first-order valence-corrected chi connectivity index (χ1v) is 11.6. The van der Waals surface area contributed by atoms with Crippen LogP contribution in [0.4, 0.5) is 0 Å². The summed E-state index contributed by atoms with van der Waals surface area (Å²) in [5, 5.41) is 0. The molecule has 0 aromatic heterocycles. The maximum atomic E-state index is 5.52. The standard InChI is InChI=1S/C26H40O/c1-3-5-6-7-21-8-12-23(13-9-21)25-16-18-26(19-17-25)24-14-10-22(11-15-24)20-27-4-2/h3,5,10-11,14-15,21,23,25-26H,4,6-9,12-13,16-20H2,1-2H3. The molecule has 1 aromatic carbocycles. The van der Waals surface area contributed by atoms with Crippen molar-refractivity contribution in [2.75, 3.05) is 6.61 Å². The van der Waals surface area contributed by atoms with Crippen molar-refractivity contribution in [3.63, 3.8) is 0 Å². The van der Waals surface area contributed by atoms with Gasteiger partial charge in [0, 0.05) is 6.61 Å². The van der Waals surface area contributed by atoms with Gasteiger partial charge in [-0.3, -0.25) is 0 Å². The molecule has 27 heavy (non-hydrogen) atoms. The molecular weight excluding hydrogens is 328 g/mol. The summed E-state index contributed by atoms with van der Waals surface area (Å²) in [4.78, 5) is 0. The molecule has 2 aliphatic rings. The van der Waals surface area contributed by atoms with Crippen LogP contribution in [0.5, 0.6) is 0 Å². The monoisotopic (exact) mass is 368 g/mol. The second-order valence-corrected chi connectivity index (χ2v) is 8.92. The molecule has 1 aromatic rings. The fourth-order valence-electron chi connectivity index (χ4n) is 5.48. The molecule has 0 bridgehead atoms. The molecule has 0 spiro atoms. The summed E-state index contributed by atoms with van der Waals surface area (Å²) < 4.78 is 5.52. The second kappa shape index (κ2) is 11.1. The normalized spacial score (nSPS) is 29.3. The number of hydrogen-bond acceptors (Lipinski definition) is 1. The van der Waals surface area contributed by atoms with Crippen molar-refractivity contribution in [3.05, 3.63) is 47.5 Å². The van der Waals surface area contributed by atoms with E-state index in [0.717, 1.165) is 36.9 Å². The molecule has 2 aliphatic carbocycles. The second-order valence-electron chi connectivity index (χ2n) is 8.92. The van der Waals surface area contributed by atoms with Crippen molar-refractivity contribution in [2.45, 2.75) is 90.6 Å². The van der Waals surface area contributed by atoms with Crippen LogP contribution in [0.25, 0.3) is 0 Å². The number of ether oxygens (including phenoxy) is 1. The SMILES string of the molecule is CC=CCCC1CCC(C2CCC(c3ccc(COCC)cc3)CC2)CC1. The van der Waals surface area contributed by atoms with Crippen molar-refractivity contribution in [1.29, 1.82) is 0 Å². The summed E-state index contributed by atoms with van der Waals surface area (Å²) in [5.41, 5.74) is 2.86. The average Bonchev–Trinajstić information content (AvgIpc) is 2.73. The fraction of sp³-hybridized carbons (Fsp3) is 0.692. The van der Waals surface area contributed by atoms with Gasteiger partial charge in [0.15, 0.2) is 0 Å². The van der Waals surface area contributed by atoms with E-state index >= 15 is 0 Å². The van der Waals surface area contributed by atoms with Crippen molar-refractivity contribution < 1.29 is 4.74 Å². The fourth-order valence-corrected chi connectivity index (χ4v) is 5.48. The molecular formula is C26H40O. The molecule has 1 nitrogen and oxygen atoms in total. The lowest BCUT2D eigenvalue weighted by Crippen LogP contribution is -2.25. The molecule has 0 atom stereocenters. The van der Waals surface area contributed by atoms with Crippen LogP contribution in [0, 0.1) is 17.8 Å². The zero-order chi connectivity index (χ0) is 18.9. The van der Waals surface area contributed by atoms with E-state index in [2.05, 4.69) is 50.3 Å². The van der Waals surface area contributed by atoms with E-state index in [1.165, 1.54) is 69.8 Å². The van der Waals surface area contributed by atoms with E-state index in [4.69, 9.17) is 4.74 Å². The first-order chi connectivity index (χ1) is 13.3. The lowest BCUT2D eigenvalue weighted by Gasteiger charge is -2.38. The molecule has 0 amide bonds. The third-order valence-electron chi connectivity index (χ3n) is 7.23. The summed E-state index contributed by atoms with van der Waals surface area (Å²) in [7, 11) is 0. The topological polar surface area (TPSA) is 9.23 Å². The van der Waals surface area contributed by atoms with Gasteiger partial charge in [-0.15, -0.1) is 0 Å². The van der Waals surface area contributed by atoms with Crippen LogP contribution in [-0.4, -0.2) is 6.61 Å². The highest BCUT2D eigenvalue weighted by molar-refractivity contribution is 5.25. The Kier molecular flexibility index (Phi) is 8.45. The predicted molar refractivity (Wildman–Crippen MR) is 116 cm³/mol. The van der Waals surface area contributed by atoms with Gasteiger partial charge in [-0.05, 0) is 100 Å². The van der Waals surface area contributed by atoms with Crippen LogP contribution >= 0.6 is 0 Å². The lowest BCUT2D eigenvalue weighted by atomic mass is 9.68. The smallest absolute Gasteiger partial charge is 0.0716 e. The minimum atomic E-state index is 0.751. The largest absolute Gasteiger partial charge is 0.377 e. The Bertz CT molecular complexity index is 542. The van der Waals surface area contributed by atoms with Gasteiger partial charge < -0.3 is 4.74 Å². The Morgan fingerprint density at radius 2 is 1.52 bits per heavy atom. The maximum absolute atomic E-state index is 5.52. The van der Waals surface area contributed by atoms with E-state index in [-0.39, 0.29) is 0 Å². The van der Waals surface area contributed by atoms with Crippen molar-refractivity contribution in [2.24, 2.45) is 17.8 Å². The highest BCUT2D eigenvalue weighted by Gasteiger charge is 2.31. The van der Waals surface area contributed by atoms with E-state index < -0.39 is 0 Å². The Hall–Kier alpha value is -1.08.